The first-order valence-corrected chi connectivity index (χ1v) is 7.99. The lowest BCUT2D eigenvalue weighted by atomic mass is 10.1. The Kier molecular flexibility index (Phi) is 4.72. The van der Waals surface area contributed by atoms with Crippen molar-refractivity contribution in [2.45, 2.75) is 45.4 Å². The first-order chi connectivity index (χ1) is 11.1. The van der Waals surface area contributed by atoms with E-state index in [0.29, 0.717) is 18.4 Å². The summed E-state index contributed by atoms with van der Waals surface area (Å²) in [4.78, 5) is 6.77. The van der Waals surface area contributed by atoms with Gasteiger partial charge in [0, 0.05) is 27.1 Å². The molecule has 2 atom stereocenters. The molecule has 0 unspecified atom stereocenters. The molecule has 3 rings (SSSR count). The highest BCUT2D eigenvalue weighted by Gasteiger charge is 2.36. The van der Waals surface area contributed by atoms with Crippen molar-refractivity contribution in [1.82, 2.24) is 29.8 Å². The molecule has 8 heteroatoms. The predicted molar refractivity (Wildman–Crippen MR) is 82.4 cm³/mol. The summed E-state index contributed by atoms with van der Waals surface area (Å²) in [7, 11) is 3.70. The number of hydrogen-bond donors (Lipinski definition) is 0. The fraction of sp³-hybridized carbons (Fsp3) is 0.733. The lowest BCUT2D eigenvalue weighted by Crippen LogP contribution is -2.26. The molecule has 126 valence electrons. The van der Waals surface area contributed by atoms with Gasteiger partial charge in [-0.05, 0) is 12.3 Å². The summed E-state index contributed by atoms with van der Waals surface area (Å²) in [6.45, 7) is 5.70. The van der Waals surface area contributed by atoms with Crippen LogP contribution in [0.1, 0.15) is 43.8 Å². The molecule has 1 aliphatic heterocycles. The van der Waals surface area contributed by atoms with Gasteiger partial charge < -0.3 is 13.8 Å². The van der Waals surface area contributed by atoms with E-state index in [2.05, 4.69) is 39.1 Å². The molecule has 1 fully saturated rings. The summed E-state index contributed by atoms with van der Waals surface area (Å²) in [6.07, 6.45) is 3.61. The second-order valence-electron chi connectivity index (χ2n) is 6.54. The highest BCUT2D eigenvalue weighted by atomic mass is 16.5. The topological polar surface area (TPSA) is 82.1 Å². The predicted octanol–water partition coefficient (Wildman–Crippen LogP) is 1.36. The van der Waals surface area contributed by atoms with Crippen molar-refractivity contribution in [2.75, 3.05) is 13.7 Å². The Hall–Kier alpha value is -1.80. The van der Waals surface area contributed by atoms with E-state index in [9.17, 15) is 0 Å². The zero-order valence-corrected chi connectivity index (χ0v) is 14.1. The van der Waals surface area contributed by atoms with Crippen LogP contribution in [0.15, 0.2) is 10.9 Å². The van der Waals surface area contributed by atoms with Crippen LogP contribution in [0, 0.1) is 5.92 Å². The number of likely N-dealkylation sites (tertiary alicyclic amines) is 1. The van der Waals surface area contributed by atoms with Crippen LogP contribution in [0.2, 0.25) is 0 Å². The van der Waals surface area contributed by atoms with Gasteiger partial charge in [0.1, 0.15) is 12.2 Å². The number of aromatic nitrogens is 5. The number of nitrogens with zero attached hydrogens (tertiary/aromatic N) is 6. The maximum absolute atomic E-state index is 5.54. The number of hydrogen-bond acceptors (Lipinski definition) is 7. The minimum absolute atomic E-state index is 0.146. The molecule has 0 N–H and O–H groups in total. The highest BCUT2D eigenvalue weighted by molar-refractivity contribution is 5.02. The van der Waals surface area contributed by atoms with Gasteiger partial charge in [-0.2, -0.15) is 4.98 Å². The third kappa shape index (κ3) is 3.59. The largest absolute Gasteiger partial charge is 0.380 e. The Morgan fingerprint density at radius 3 is 2.91 bits per heavy atom. The van der Waals surface area contributed by atoms with Crippen molar-refractivity contribution in [3.63, 3.8) is 0 Å². The van der Waals surface area contributed by atoms with E-state index in [-0.39, 0.29) is 12.1 Å². The third-order valence-electron chi connectivity index (χ3n) is 4.18. The van der Waals surface area contributed by atoms with Gasteiger partial charge in [0.25, 0.3) is 0 Å². The lowest BCUT2D eigenvalue weighted by Gasteiger charge is -2.21. The van der Waals surface area contributed by atoms with E-state index in [1.807, 2.05) is 11.6 Å². The zero-order valence-electron chi connectivity index (χ0n) is 14.1. The second-order valence-corrected chi connectivity index (χ2v) is 6.54. The van der Waals surface area contributed by atoms with E-state index >= 15 is 0 Å². The number of aryl methyl sites for hydroxylation is 1. The summed E-state index contributed by atoms with van der Waals surface area (Å²) in [6, 6.07) is 0.146. The van der Waals surface area contributed by atoms with Crippen molar-refractivity contribution >= 4 is 0 Å². The monoisotopic (exact) mass is 320 g/mol. The molecule has 0 spiro atoms. The molecule has 0 aliphatic carbocycles. The summed E-state index contributed by atoms with van der Waals surface area (Å²) >= 11 is 0. The highest BCUT2D eigenvalue weighted by Crippen LogP contribution is 2.33. The average molecular weight is 320 g/mol. The van der Waals surface area contributed by atoms with Crippen LogP contribution < -0.4 is 0 Å². The molecule has 2 aromatic rings. The smallest absolute Gasteiger partial charge is 0.240 e. The van der Waals surface area contributed by atoms with Gasteiger partial charge in [0.2, 0.25) is 5.89 Å². The zero-order chi connectivity index (χ0) is 16.4. The second kappa shape index (κ2) is 6.76. The fourth-order valence-electron chi connectivity index (χ4n) is 3.05. The van der Waals surface area contributed by atoms with Gasteiger partial charge in [0.05, 0.1) is 18.7 Å². The van der Waals surface area contributed by atoms with Gasteiger partial charge in [-0.25, -0.2) is 0 Å². The van der Waals surface area contributed by atoms with Crippen LogP contribution in [0.5, 0.6) is 0 Å². The Labute approximate surface area is 135 Å². The normalized spacial score (nSPS) is 22.3. The van der Waals surface area contributed by atoms with Crippen LogP contribution in [0.25, 0.3) is 0 Å². The van der Waals surface area contributed by atoms with Crippen LogP contribution in [0.3, 0.4) is 0 Å². The molecule has 0 amide bonds. The molecular weight excluding hydrogens is 296 g/mol. The molecular formula is C15H24N6O2. The molecule has 1 saturated heterocycles. The first kappa shape index (κ1) is 16.1. The van der Waals surface area contributed by atoms with Crippen LogP contribution in [-0.2, 0) is 24.8 Å². The standard InChI is InChI=1S/C15H24N6O2/c1-10(2)5-13-17-14(23-19-13)8-21-7-11(22-4)6-12(21)15-18-16-9-20(15)3/h9-12H,5-8H2,1-4H3/t11-,12+/m1/s1. The van der Waals surface area contributed by atoms with Crippen LogP contribution in [-0.4, -0.2) is 49.6 Å². The molecule has 23 heavy (non-hydrogen) atoms. The fourth-order valence-corrected chi connectivity index (χ4v) is 3.05. The van der Waals surface area contributed by atoms with E-state index in [4.69, 9.17) is 9.26 Å². The molecule has 0 aromatic carbocycles. The van der Waals surface area contributed by atoms with Crippen molar-refractivity contribution in [1.29, 1.82) is 0 Å². The molecule has 0 radical (unpaired) electrons. The summed E-state index contributed by atoms with van der Waals surface area (Å²) in [5.74, 6) is 2.86. The van der Waals surface area contributed by atoms with E-state index < -0.39 is 0 Å². The van der Waals surface area contributed by atoms with Crippen molar-refractivity contribution < 1.29 is 9.26 Å². The Morgan fingerprint density at radius 2 is 2.26 bits per heavy atom. The molecule has 2 aromatic heterocycles. The van der Waals surface area contributed by atoms with E-state index in [1.54, 1.807) is 13.4 Å². The van der Waals surface area contributed by atoms with Gasteiger partial charge in [0.15, 0.2) is 5.82 Å². The third-order valence-corrected chi connectivity index (χ3v) is 4.18. The minimum Gasteiger partial charge on any atom is -0.380 e. The maximum Gasteiger partial charge on any atom is 0.240 e. The SMILES string of the molecule is CO[C@@H]1C[C@@H](c2nncn2C)N(Cc2nc(CC(C)C)no2)C1. The van der Waals surface area contributed by atoms with Crippen molar-refractivity contribution in [2.24, 2.45) is 13.0 Å². The quantitative estimate of drug-likeness (QED) is 0.794. The van der Waals surface area contributed by atoms with E-state index in [0.717, 1.165) is 31.0 Å². The van der Waals surface area contributed by atoms with E-state index in [1.165, 1.54) is 0 Å². The van der Waals surface area contributed by atoms with Gasteiger partial charge in [-0.15, -0.1) is 10.2 Å². The molecule has 8 nitrogen and oxygen atoms in total. The van der Waals surface area contributed by atoms with Crippen molar-refractivity contribution in [3.05, 3.63) is 23.9 Å². The Balaban J connectivity index is 1.74. The summed E-state index contributed by atoms with van der Waals surface area (Å²) in [5, 5.41) is 12.3. The average Bonchev–Trinajstić information content (AvgIpc) is 3.19. The Morgan fingerprint density at radius 1 is 1.43 bits per heavy atom. The maximum atomic E-state index is 5.54. The van der Waals surface area contributed by atoms with Gasteiger partial charge in [-0.3, -0.25) is 4.90 Å². The lowest BCUT2D eigenvalue weighted by molar-refractivity contribution is 0.105. The van der Waals surface area contributed by atoms with Crippen molar-refractivity contribution in [3.8, 4) is 0 Å². The minimum atomic E-state index is 0.146. The Bertz CT molecular complexity index is 637. The van der Waals surface area contributed by atoms with Crippen LogP contribution in [0.4, 0.5) is 0 Å². The molecule has 0 saturated carbocycles. The number of methoxy groups -OCH3 is 1. The summed E-state index contributed by atoms with van der Waals surface area (Å²) in [5.41, 5.74) is 0. The van der Waals surface area contributed by atoms with Gasteiger partial charge in [-0.1, -0.05) is 19.0 Å². The number of rotatable bonds is 6. The molecule has 3 heterocycles. The number of ether oxygens (including phenoxy) is 1. The van der Waals surface area contributed by atoms with Crippen LogP contribution >= 0.6 is 0 Å². The molecule has 1 aliphatic rings. The summed E-state index contributed by atoms with van der Waals surface area (Å²) < 4.78 is 12.9. The van der Waals surface area contributed by atoms with Gasteiger partial charge >= 0.3 is 0 Å². The first-order valence-electron chi connectivity index (χ1n) is 7.99. The molecule has 0 bridgehead atoms.